The molecule has 1 atom stereocenters. The van der Waals surface area contributed by atoms with Crippen molar-refractivity contribution in [1.29, 1.82) is 0 Å². The van der Waals surface area contributed by atoms with Gasteiger partial charge in [-0.15, -0.1) is 0 Å². The molecule has 130 valence electrons. The van der Waals surface area contributed by atoms with E-state index in [-0.39, 0.29) is 5.91 Å². The van der Waals surface area contributed by atoms with E-state index in [1.54, 1.807) is 6.20 Å². The second-order valence-electron chi connectivity index (χ2n) is 7.06. The molecule has 2 aliphatic heterocycles. The van der Waals surface area contributed by atoms with Crippen molar-refractivity contribution in [3.63, 3.8) is 0 Å². The third kappa shape index (κ3) is 3.68. The highest BCUT2D eigenvalue weighted by atomic mass is 16.5. The largest absolute Gasteiger partial charge is 0.493 e. The summed E-state index contributed by atoms with van der Waals surface area (Å²) in [7, 11) is 0. The normalized spacial score (nSPS) is 19.8. The summed E-state index contributed by atoms with van der Waals surface area (Å²) in [5.41, 5.74) is 3.05. The number of aromatic nitrogens is 1. The van der Waals surface area contributed by atoms with Gasteiger partial charge in [0.25, 0.3) is 5.91 Å². The van der Waals surface area contributed by atoms with Crippen LogP contribution in [-0.2, 0) is 12.8 Å². The molecule has 4 heteroatoms. The monoisotopic (exact) mass is 336 g/mol. The third-order valence-electron chi connectivity index (χ3n) is 5.23. The van der Waals surface area contributed by atoms with Crippen molar-refractivity contribution in [2.24, 2.45) is 5.92 Å². The second kappa shape index (κ2) is 7.26. The van der Waals surface area contributed by atoms with Gasteiger partial charge >= 0.3 is 0 Å². The van der Waals surface area contributed by atoms with Gasteiger partial charge in [-0.25, -0.2) is 0 Å². The highest BCUT2D eigenvalue weighted by Gasteiger charge is 2.21. The van der Waals surface area contributed by atoms with Gasteiger partial charge in [0.1, 0.15) is 5.75 Å². The fraction of sp³-hybridized carbons (Fsp3) is 0.429. The van der Waals surface area contributed by atoms with E-state index in [4.69, 9.17) is 4.74 Å². The van der Waals surface area contributed by atoms with E-state index in [9.17, 15) is 4.79 Å². The van der Waals surface area contributed by atoms with Crippen molar-refractivity contribution < 1.29 is 9.53 Å². The molecule has 4 rings (SSSR count). The van der Waals surface area contributed by atoms with E-state index in [0.29, 0.717) is 11.5 Å². The fourth-order valence-electron chi connectivity index (χ4n) is 3.81. The van der Waals surface area contributed by atoms with Crippen molar-refractivity contribution >= 4 is 5.91 Å². The number of benzene rings is 1. The minimum Gasteiger partial charge on any atom is -0.493 e. The minimum absolute atomic E-state index is 0.119. The summed E-state index contributed by atoms with van der Waals surface area (Å²) in [6, 6.07) is 12.2. The van der Waals surface area contributed by atoms with Crippen LogP contribution in [0.3, 0.4) is 0 Å². The van der Waals surface area contributed by atoms with Crippen molar-refractivity contribution in [1.82, 2.24) is 9.88 Å². The first-order valence-corrected chi connectivity index (χ1v) is 9.24. The third-order valence-corrected chi connectivity index (χ3v) is 5.23. The molecular weight excluding hydrogens is 312 g/mol. The Bertz CT molecular complexity index is 736. The van der Waals surface area contributed by atoms with Crippen LogP contribution in [0.5, 0.6) is 5.75 Å². The molecule has 2 aliphatic rings. The minimum atomic E-state index is 0.119. The van der Waals surface area contributed by atoms with Crippen LogP contribution in [-0.4, -0.2) is 35.5 Å². The predicted molar refractivity (Wildman–Crippen MR) is 96.8 cm³/mol. The second-order valence-corrected chi connectivity index (χ2v) is 7.06. The molecule has 0 spiro atoms. The quantitative estimate of drug-likeness (QED) is 0.861. The Balaban J connectivity index is 1.42. The first-order chi connectivity index (χ1) is 12.3. The summed E-state index contributed by atoms with van der Waals surface area (Å²) >= 11 is 0. The van der Waals surface area contributed by atoms with Gasteiger partial charge in [-0.05, 0) is 61.8 Å². The fourth-order valence-corrected chi connectivity index (χ4v) is 3.81. The molecule has 0 radical (unpaired) electrons. The van der Waals surface area contributed by atoms with E-state index in [1.807, 2.05) is 23.1 Å². The van der Waals surface area contributed by atoms with E-state index < -0.39 is 0 Å². The zero-order chi connectivity index (χ0) is 17.1. The van der Waals surface area contributed by atoms with Crippen LogP contribution in [0.15, 0.2) is 42.6 Å². The molecule has 2 aromatic rings. The Kier molecular flexibility index (Phi) is 4.68. The number of para-hydroxylation sites is 1. The smallest absolute Gasteiger partial charge is 0.255 e. The molecule has 1 aromatic heterocycles. The molecule has 1 unspecified atom stereocenters. The Morgan fingerprint density at radius 1 is 1.16 bits per heavy atom. The molecule has 1 saturated heterocycles. The number of rotatable bonds is 3. The Hall–Kier alpha value is -2.36. The van der Waals surface area contributed by atoms with Crippen LogP contribution in [0, 0.1) is 5.92 Å². The summed E-state index contributed by atoms with van der Waals surface area (Å²) in [6.07, 6.45) is 6.95. The number of carbonyl (C=O) groups excluding carboxylic acids is 1. The van der Waals surface area contributed by atoms with Gasteiger partial charge in [0.15, 0.2) is 0 Å². The number of nitrogens with zero attached hydrogens (tertiary/aromatic N) is 2. The maximum absolute atomic E-state index is 12.4. The lowest BCUT2D eigenvalue weighted by molar-refractivity contribution is 0.0792. The van der Waals surface area contributed by atoms with Crippen LogP contribution in [0.1, 0.15) is 40.9 Å². The lowest BCUT2D eigenvalue weighted by Gasteiger charge is -2.16. The Morgan fingerprint density at radius 3 is 2.80 bits per heavy atom. The predicted octanol–water partition coefficient (Wildman–Crippen LogP) is 3.50. The molecule has 0 N–H and O–H groups in total. The topological polar surface area (TPSA) is 42.4 Å². The van der Waals surface area contributed by atoms with Gasteiger partial charge in [-0.1, -0.05) is 18.2 Å². The summed E-state index contributed by atoms with van der Waals surface area (Å²) in [6.45, 7) is 2.51. The van der Waals surface area contributed by atoms with Gasteiger partial charge < -0.3 is 9.64 Å². The highest BCUT2D eigenvalue weighted by molar-refractivity contribution is 5.94. The molecule has 25 heavy (non-hydrogen) atoms. The van der Waals surface area contributed by atoms with Crippen LogP contribution < -0.4 is 4.74 Å². The van der Waals surface area contributed by atoms with E-state index in [2.05, 4.69) is 23.2 Å². The standard InChI is InChI=1S/C21H24N2O2/c24-21(23-10-3-4-11-23)18-7-8-19(22-15-18)14-16-9-12-25-20-6-2-1-5-17(20)13-16/h1-2,5-8,15-16H,3-4,9-14H2. The van der Waals surface area contributed by atoms with Gasteiger partial charge in [-0.2, -0.15) is 0 Å². The maximum Gasteiger partial charge on any atom is 0.255 e. The van der Waals surface area contributed by atoms with Gasteiger partial charge in [0.2, 0.25) is 0 Å². The lowest BCUT2D eigenvalue weighted by Crippen LogP contribution is -2.27. The number of fused-ring (bicyclic) bond motifs is 1. The Labute approximate surface area is 148 Å². The number of pyridine rings is 1. The van der Waals surface area contributed by atoms with Gasteiger partial charge in [0, 0.05) is 25.0 Å². The average molecular weight is 336 g/mol. The highest BCUT2D eigenvalue weighted by Crippen LogP contribution is 2.28. The molecule has 3 heterocycles. The SMILES string of the molecule is O=C(c1ccc(CC2CCOc3ccccc3C2)nc1)N1CCCC1. The number of ether oxygens (including phenoxy) is 1. The summed E-state index contributed by atoms with van der Waals surface area (Å²) in [4.78, 5) is 18.9. The molecule has 0 saturated carbocycles. The summed E-state index contributed by atoms with van der Waals surface area (Å²) in [5, 5.41) is 0. The number of hydrogen-bond donors (Lipinski definition) is 0. The Morgan fingerprint density at radius 2 is 2.00 bits per heavy atom. The van der Waals surface area contributed by atoms with Crippen molar-refractivity contribution in [3.05, 3.63) is 59.4 Å². The van der Waals surface area contributed by atoms with E-state index in [0.717, 1.165) is 63.2 Å². The number of amides is 1. The molecule has 0 aliphatic carbocycles. The van der Waals surface area contributed by atoms with Crippen LogP contribution in [0.25, 0.3) is 0 Å². The molecule has 4 nitrogen and oxygen atoms in total. The van der Waals surface area contributed by atoms with Crippen molar-refractivity contribution in [2.45, 2.75) is 32.1 Å². The van der Waals surface area contributed by atoms with Crippen LogP contribution in [0.2, 0.25) is 0 Å². The molecule has 1 aromatic carbocycles. The van der Waals surface area contributed by atoms with Gasteiger partial charge in [0.05, 0.1) is 12.2 Å². The van der Waals surface area contributed by atoms with Crippen molar-refractivity contribution in [2.75, 3.05) is 19.7 Å². The molecule has 1 fully saturated rings. The number of likely N-dealkylation sites (tertiary alicyclic amines) is 1. The first-order valence-electron chi connectivity index (χ1n) is 9.24. The summed E-state index contributed by atoms with van der Waals surface area (Å²) in [5.74, 6) is 1.66. The summed E-state index contributed by atoms with van der Waals surface area (Å²) < 4.78 is 5.85. The first kappa shape index (κ1) is 16.1. The van der Waals surface area contributed by atoms with Crippen molar-refractivity contribution in [3.8, 4) is 5.75 Å². The number of carbonyl (C=O) groups is 1. The average Bonchev–Trinajstić information content (AvgIpc) is 3.10. The zero-order valence-corrected chi connectivity index (χ0v) is 14.5. The van der Waals surface area contributed by atoms with Gasteiger partial charge in [-0.3, -0.25) is 9.78 Å². The molecule has 1 amide bonds. The maximum atomic E-state index is 12.4. The molecular formula is C21H24N2O2. The van der Waals surface area contributed by atoms with Crippen LogP contribution in [0.4, 0.5) is 0 Å². The van der Waals surface area contributed by atoms with Crippen LogP contribution >= 0.6 is 0 Å². The number of hydrogen-bond acceptors (Lipinski definition) is 3. The molecule has 0 bridgehead atoms. The van der Waals surface area contributed by atoms with E-state index in [1.165, 1.54) is 5.56 Å². The van der Waals surface area contributed by atoms with E-state index >= 15 is 0 Å². The lowest BCUT2D eigenvalue weighted by atomic mass is 9.92. The zero-order valence-electron chi connectivity index (χ0n) is 14.5.